The molecule has 1 aromatic heterocycles. The van der Waals surface area contributed by atoms with E-state index < -0.39 is 0 Å². The molecule has 4 heteroatoms. The number of nitrogens with two attached hydrogens (primary N) is 1. The molecule has 3 nitrogen and oxygen atoms in total. The molecule has 0 aromatic carbocycles. The summed E-state index contributed by atoms with van der Waals surface area (Å²) in [7, 11) is 0. The highest BCUT2D eigenvalue weighted by atomic mass is 35.5. The van der Waals surface area contributed by atoms with Crippen molar-refractivity contribution in [2.45, 2.75) is 32.9 Å². The van der Waals surface area contributed by atoms with Gasteiger partial charge in [-0.1, -0.05) is 11.6 Å². The highest BCUT2D eigenvalue weighted by molar-refractivity contribution is 6.31. The molecular weight excluding hydrogens is 200 g/mol. The van der Waals surface area contributed by atoms with Crippen molar-refractivity contribution in [2.75, 3.05) is 0 Å². The van der Waals surface area contributed by atoms with E-state index in [0.29, 0.717) is 17.4 Å². The summed E-state index contributed by atoms with van der Waals surface area (Å²) in [6.45, 7) is 6.27. The Balaban J connectivity index is 2.89. The Hall–Kier alpha value is -0.800. The second kappa shape index (κ2) is 4.15. The van der Waals surface area contributed by atoms with Crippen LogP contribution >= 0.6 is 11.6 Å². The van der Waals surface area contributed by atoms with Crippen molar-refractivity contribution in [1.29, 1.82) is 0 Å². The molecule has 0 saturated heterocycles. The van der Waals surface area contributed by atoms with Crippen LogP contribution in [0.2, 0.25) is 5.02 Å². The summed E-state index contributed by atoms with van der Waals surface area (Å²) in [6, 6.07) is 1.77. The molecular formula is C10H15ClN2O. The zero-order valence-electron chi connectivity index (χ0n) is 8.67. The van der Waals surface area contributed by atoms with E-state index in [4.69, 9.17) is 22.1 Å². The van der Waals surface area contributed by atoms with Gasteiger partial charge in [-0.25, -0.2) is 4.98 Å². The van der Waals surface area contributed by atoms with Gasteiger partial charge in [0.25, 0.3) is 0 Å². The number of nitrogens with zero attached hydrogens (tertiary/aromatic N) is 1. The number of hydrogen-bond donors (Lipinski definition) is 1. The van der Waals surface area contributed by atoms with E-state index in [-0.39, 0.29) is 5.60 Å². The Morgan fingerprint density at radius 2 is 2.14 bits per heavy atom. The number of aromatic nitrogens is 1. The fourth-order valence-corrected chi connectivity index (χ4v) is 1.17. The van der Waals surface area contributed by atoms with Gasteiger partial charge in [0.2, 0.25) is 5.88 Å². The van der Waals surface area contributed by atoms with Gasteiger partial charge in [-0.2, -0.15) is 0 Å². The van der Waals surface area contributed by atoms with Gasteiger partial charge in [-0.3, -0.25) is 0 Å². The van der Waals surface area contributed by atoms with Crippen LogP contribution in [-0.2, 0) is 6.54 Å². The highest BCUT2D eigenvalue weighted by Gasteiger charge is 2.15. The summed E-state index contributed by atoms with van der Waals surface area (Å²) in [6.07, 6.45) is 1.67. The lowest BCUT2D eigenvalue weighted by Gasteiger charge is -2.21. The summed E-state index contributed by atoms with van der Waals surface area (Å²) >= 11 is 5.97. The monoisotopic (exact) mass is 214 g/mol. The Morgan fingerprint density at radius 3 is 2.57 bits per heavy atom. The first-order valence-electron chi connectivity index (χ1n) is 4.46. The maximum absolute atomic E-state index is 5.97. The molecule has 14 heavy (non-hydrogen) atoms. The molecule has 0 unspecified atom stereocenters. The minimum atomic E-state index is -0.291. The Bertz CT molecular complexity index is 320. The number of pyridine rings is 1. The first-order valence-corrected chi connectivity index (χ1v) is 4.83. The van der Waals surface area contributed by atoms with Gasteiger partial charge in [-0.15, -0.1) is 0 Å². The van der Waals surface area contributed by atoms with Gasteiger partial charge in [-0.05, 0) is 32.4 Å². The third-order valence-corrected chi connectivity index (χ3v) is 1.77. The summed E-state index contributed by atoms with van der Waals surface area (Å²) < 4.78 is 5.55. The molecule has 2 N–H and O–H groups in total. The fraction of sp³-hybridized carbons (Fsp3) is 0.500. The molecule has 0 atom stereocenters. The summed E-state index contributed by atoms with van der Waals surface area (Å²) in [4.78, 5) is 4.10. The van der Waals surface area contributed by atoms with Crippen molar-refractivity contribution in [3.05, 3.63) is 22.8 Å². The smallest absolute Gasteiger partial charge is 0.233 e. The zero-order valence-corrected chi connectivity index (χ0v) is 9.43. The van der Waals surface area contributed by atoms with Crippen molar-refractivity contribution in [3.63, 3.8) is 0 Å². The maximum Gasteiger partial charge on any atom is 0.233 e. The largest absolute Gasteiger partial charge is 0.471 e. The SMILES string of the molecule is CC(C)(C)Oc1ncc(CN)cc1Cl. The Labute approximate surface area is 89.2 Å². The molecule has 0 bridgehead atoms. The van der Waals surface area contributed by atoms with Gasteiger partial charge >= 0.3 is 0 Å². The predicted molar refractivity (Wildman–Crippen MR) is 57.5 cm³/mol. The van der Waals surface area contributed by atoms with Crippen LogP contribution in [0.25, 0.3) is 0 Å². The molecule has 0 fully saturated rings. The average molecular weight is 215 g/mol. The Kier molecular flexibility index (Phi) is 3.34. The minimum Gasteiger partial charge on any atom is -0.471 e. The van der Waals surface area contributed by atoms with Gasteiger partial charge in [0.1, 0.15) is 10.6 Å². The van der Waals surface area contributed by atoms with Gasteiger partial charge in [0.15, 0.2) is 0 Å². The number of hydrogen-bond acceptors (Lipinski definition) is 3. The zero-order chi connectivity index (χ0) is 10.8. The lowest BCUT2D eigenvalue weighted by atomic mass is 10.2. The molecule has 78 valence electrons. The van der Waals surface area contributed by atoms with Crippen LogP contribution in [0.3, 0.4) is 0 Å². The standard InChI is InChI=1S/C10H15ClN2O/c1-10(2,3)14-9-8(11)4-7(5-12)6-13-9/h4,6H,5,12H2,1-3H3. The molecule has 1 aromatic rings. The van der Waals surface area contributed by atoms with Crippen molar-refractivity contribution >= 4 is 11.6 Å². The van der Waals surface area contributed by atoms with Gasteiger partial charge < -0.3 is 10.5 Å². The van der Waals surface area contributed by atoms with E-state index >= 15 is 0 Å². The summed E-state index contributed by atoms with van der Waals surface area (Å²) in [5.41, 5.74) is 6.07. The lowest BCUT2D eigenvalue weighted by Crippen LogP contribution is -2.23. The third kappa shape index (κ3) is 3.16. The van der Waals surface area contributed by atoms with E-state index in [9.17, 15) is 0 Å². The van der Waals surface area contributed by atoms with Crippen LogP contribution in [0.4, 0.5) is 0 Å². The summed E-state index contributed by atoms with van der Waals surface area (Å²) in [5, 5.41) is 0.503. The van der Waals surface area contributed by atoms with E-state index in [0.717, 1.165) is 5.56 Å². The topological polar surface area (TPSA) is 48.1 Å². The van der Waals surface area contributed by atoms with E-state index in [1.54, 1.807) is 12.3 Å². The molecule has 1 heterocycles. The lowest BCUT2D eigenvalue weighted by molar-refractivity contribution is 0.124. The van der Waals surface area contributed by atoms with Crippen LogP contribution in [-0.4, -0.2) is 10.6 Å². The highest BCUT2D eigenvalue weighted by Crippen LogP contribution is 2.25. The van der Waals surface area contributed by atoms with E-state index in [2.05, 4.69) is 4.98 Å². The van der Waals surface area contributed by atoms with Crippen LogP contribution in [0, 0.1) is 0 Å². The van der Waals surface area contributed by atoms with Crippen molar-refractivity contribution < 1.29 is 4.74 Å². The normalized spacial score (nSPS) is 11.5. The van der Waals surface area contributed by atoms with E-state index in [1.807, 2.05) is 20.8 Å². The molecule has 0 saturated carbocycles. The molecule has 0 amide bonds. The third-order valence-electron chi connectivity index (χ3n) is 1.50. The molecule has 0 spiro atoms. The number of halogens is 1. The van der Waals surface area contributed by atoms with Gasteiger partial charge in [0, 0.05) is 12.7 Å². The van der Waals surface area contributed by atoms with Crippen molar-refractivity contribution in [3.8, 4) is 5.88 Å². The molecule has 1 rings (SSSR count). The molecule has 0 aliphatic carbocycles. The summed E-state index contributed by atoms with van der Waals surface area (Å²) in [5.74, 6) is 0.455. The van der Waals surface area contributed by atoms with E-state index in [1.165, 1.54) is 0 Å². The first kappa shape index (κ1) is 11.3. The molecule has 0 aliphatic heterocycles. The van der Waals surface area contributed by atoms with Crippen LogP contribution in [0.5, 0.6) is 5.88 Å². The second-order valence-electron chi connectivity index (χ2n) is 4.05. The predicted octanol–water partition coefficient (Wildman–Crippen LogP) is 2.37. The maximum atomic E-state index is 5.97. The van der Waals surface area contributed by atoms with Crippen molar-refractivity contribution in [2.24, 2.45) is 5.73 Å². The van der Waals surface area contributed by atoms with Crippen molar-refractivity contribution in [1.82, 2.24) is 4.98 Å². The fourth-order valence-electron chi connectivity index (χ4n) is 0.942. The van der Waals surface area contributed by atoms with Crippen LogP contribution in [0.1, 0.15) is 26.3 Å². The van der Waals surface area contributed by atoms with Gasteiger partial charge in [0.05, 0.1) is 0 Å². The minimum absolute atomic E-state index is 0.291. The molecule has 0 radical (unpaired) electrons. The first-order chi connectivity index (χ1) is 6.42. The Morgan fingerprint density at radius 1 is 1.50 bits per heavy atom. The van der Waals surface area contributed by atoms with Crippen LogP contribution in [0.15, 0.2) is 12.3 Å². The van der Waals surface area contributed by atoms with Crippen LogP contribution < -0.4 is 10.5 Å². The number of rotatable bonds is 2. The average Bonchev–Trinajstić information content (AvgIpc) is 2.06. The number of ether oxygens (including phenoxy) is 1. The second-order valence-corrected chi connectivity index (χ2v) is 4.46. The quantitative estimate of drug-likeness (QED) is 0.823. The molecule has 0 aliphatic rings.